The van der Waals surface area contributed by atoms with Crippen LogP contribution in [0.1, 0.15) is 18.9 Å². The number of carbonyl (C=O) groups is 1. The summed E-state index contributed by atoms with van der Waals surface area (Å²) < 4.78 is 48.9. The molecule has 0 aliphatic rings. The predicted octanol–water partition coefficient (Wildman–Crippen LogP) is 4.51. The highest BCUT2D eigenvalue weighted by molar-refractivity contribution is 5.94. The molecule has 0 aliphatic carbocycles. The number of anilines is 1. The molecule has 7 heteroatoms. The third-order valence-electron chi connectivity index (χ3n) is 3.44. The van der Waals surface area contributed by atoms with Crippen molar-refractivity contribution in [1.82, 2.24) is 0 Å². The van der Waals surface area contributed by atoms with E-state index in [0.29, 0.717) is 17.9 Å². The van der Waals surface area contributed by atoms with Gasteiger partial charge in [-0.15, -0.1) is 0 Å². The fourth-order valence-corrected chi connectivity index (χ4v) is 2.16. The van der Waals surface area contributed by atoms with Crippen molar-refractivity contribution in [2.75, 3.05) is 12.4 Å². The lowest BCUT2D eigenvalue weighted by molar-refractivity contribution is -0.137. The molecule has 0 saturated heterocycles. The number of rotatable bonds is 6. The second-order valence-corrected chi connectivity index (χ2v) is 5.26. The third kappa shape index (κ3) is 5.14. The molecule has 0 heterocycles. The molecule has 2 aromatic rings. The Labute approximate surface area is 143 Å². The van der Waals surface area contributed by atoms with Crippen molar-refractivity contribution in [3.05, 3.63) is 54.1 Å². The van der Waals surface area contributed by atoms with E-state index in [9.17, 15) is 18.0 Å². The number of benzene rings is 2. The molecule has 1 amide bonds. The van der Waals surface area contributed by atoms with Gasteiger partial charge in [-0.2, -0.15) is 13.2 Å². The Kier molecular flexibility index (Phi) is 5.90. The average Bonchev–Trinajstić information content (AvgIpc) is 2.59. The molecule has 2 rings (SSSR count). The summed E-state index contributed by atoms with van der Waals surface area (Å²) in [5, 5.41) is 2.46. The van der Waals surface area contributed by atoms with Crippen LogP contribution < -0.4 is 14.8 Å². The first-order valence-corrected chi connectivity index (χ1v) is 7.62. The van der Waals surface area contributed by atoms with Gasteiger partial charge in [-0.3, -0.25) is 4.79 Å². The molecule has 4 nitrogen and oxygen atoms in total. The van der Waals surface area contributed by atoms with E-state index in [4.69, 9.17) is 9.47 Å². The number of methoxy groups -OCH3 is 1. The lowest BCUT2D eigenvalue weighted by Gasteiger charge is -2.18. The first-order chi connectivity index (χ1) is 11.8. The average molecular weight is 353 g/mol. The molecule has 0 bridgehead atoms. The maximum Gasteiger partial charge on any atom is 0.416 e. The van der Waals surface area contributed by atoms with Crippen LogP contribution in [0.25, 0.3) is 0 Å². The zero-order valence-corrected chi connectivity index (χ0v) is 13.8. The van der Waals surface area contributed by atoms with Gasteiger partial charge >= 0.3 is 6.18 Å². The molecule has 1 atom stereocenters. The van der Waals surface area contributed by atoms with Crippen LogP contribution in [-0.2, 0) is 11.0 Å². The van der Waals surface area contributed by atoms with Crippen LogP contribution in [-0.4, -0.2) is 19.1 Å². The number of hydrogen-bond donors (Lipinski definition) is 1. The van der Waals surface area contributed by atoms with Gasteiger partial charge in [0.2, 0.25) is 0 Å². The van der Waals surface area contributed by atoms with Gasteiger partial charge in [0.05, 0.1) is 12.7 Å². The first kappa shape index (κ1) is 18.6. The minimum Gasteiger partial charge on any atom is -0.497 e. The molecule has 2 aromatic carbocycles. The Balaban J connectivity index is 2.09. The Bertz CT molecular complexity index is 732. The molecule has 0 fully saturated rings. The standard InChI is InChI=1S/C18H18F3NO3/c1-3-16(25-15-9-5-8-14(11-15)24-2)17(23)22-13-7-4-6-12(10-13)18(19,20)21/h4-11,16H,3H2,1-2H3,(H,22,23)/t16-/m0/s1. The summed E-state index contributed by atoms with van der Waals surface area (Å²) in [6.45, 7) is 1.75. The van der Waals surface area contributed by atoms with E-state index in [1.165, 1.54) is 19.2 Å². The first-order valence-electron chi connectivity index (χ1n) is 7.62. The topological polar surface area (TPSA) is 47.6 Å². The van der Waals surface area contributed by atoms with Crippen LogP contribution >= 0.6 is 0 Å². The molecule has 0 aliphatic heterocycles. The van der Waals surface area contributed by atoms with E-state index in [1.54, 1.807) is 31.2 Å². The zero-order chi connectivity index (χ0) is 18.4. The number of halogens is 3. The summed E-state index contributed by atoms with van der Waals surface area (Å²) in [6.07, 6.45) is -4.97. The van der Waals surface area contributed by atoms with Crippen molar-refractivity contribution in [3.8, 4) is 11.5 Å². The van der Waals surface area contributed by atoms with Gasteiger partial charge in [-0.05, 0) is 36.8 Å². The van der Waals surface area contributed by atoms with Crippen molar-refractivity contribution in [2.45, 2.75) is 25.6 Å². The Morgan fingerprint density at radius 3 is 2.44 bits per heavy atom. The van der Waals surface area contributed by atoms with E-state index in [-0.39, 0.29) is 5.69 Å². The summed E-state index contributed by atoms with van der Waals surface area (Å²) in [6, 6.07) is 11.2. The van der Waals surface area contributed by atoms with Crippen LogP contribution in [0.5, 0.6) is 11.5 Å². The number of ether oxygens (including phenoxy) is 2. The molecular weight excluding hydrogens is 335 g/mol. The number of nitrogens with one attached hydrogen (secondary N) is 1. The van der Waals surface area contributed by atoms with Gasteiger partial charge in [0, 0.05) is 11.8 Å². The Morgan fingerprint density at radius 1 is 1.12 bits per heavy atom. The van der Waals surface area contributed by atoms with Gasteiger partial charge in [-0.25, -0.2) is 0 Å². The van der Waals surface area contributed by atoms with Crippen LogP contribution in [0.15, 0.2) is 48.5 Å². The van der Waals surface area contributed by atoms with Crippen LogP contribution in [0.3, 0.4) is 0 Å². The summed E-state index contributed by atoms with van der Waals surface area (Å²) in [4.78, 5) is 12.3. The van der Waals surface area contributed by atoms with E-state index < -0.39 is 23.8 Å². The van der Waals surface area contributed by atoms with Gasteiger partial charge in [-0.1, -0.05) is 19.1 Å². The predicted molar refractivity (Wildman–Crippen MR) is 87.8 cm³/mol. The van der Waals surface area contributed by atoms with Crippen molar-refractivity contribution < 1.29 is 27.4 Å². The fourth-order valence-electron chi connectivity index (χ4n) is 2.16. The molecular formula is C18H18F3NO3. The van der Waals surface area contributed by atoms with E-state index in [1.807, 2.05) is 0 Å². The summed E-state index contributed by atoms with van der Waals surface area (Å²) in [5.41, 5.74) is -0.764. The molecule has 0 saturated carbocycles. The number of alkyl halides is 3. The van der Waals surface area contributed by atoms with Gasteiger partial charge in [0.25, 0.3) is 5.91 Å². The molecule has 0 spiro atoms. The maximum atomic E-state index is 12.7. The van der Waals surface area contributed by atoms with Crippen molar-refractivity contribution in [2.24, 2.45) is 0 Å². The van der Waals surface area contributed by atoms with Gasteiger partial charge < -0.3 is 14.8 Å². The normalized spacial score (nSPS) is 12.4. The number of amides is 1. The molecule has 0 unspecified atom stereocenters. The Morgan fingerprint density at radius 2 is 1.80 bits per heavy atom. The second kappa shape index (κ2) is 7.92. The van der Waals surface area contributed by atoms with Gasteiger partial charge in [0.15, 0.2) is 6.10 Å². The molecule has 134 valence electrons. The maximum absolute atomic E-state index is 12.7. The monoisotopic (exact) mass is 353 g/mol. The highest BCUT2D eigenvalue weighted by Crippen LogP contribution is 2.30. The van der Waals surface area contributed by atoms with Crippen molar-refractivity contribution in [3.63, 3.8) is 0 Å². The molecule has 0 aromatic heterocycles. The second-order valence-electron chi connectivity index (χ2n) is 5.26. The lowest BCUT2D eigenvalue weighted by atomic mass is 10.2. The molecule has 1 N–H and O–H groups in total. The number of carbonyl (C=O) groups excluding carboxylic acids is 1. The Hall–Kier alpha value is -2.70. The molecule has 0 radical (unpaired) electrons. The summed E-state index contributed by atoms with van der Waals surface area (Å²) in [7, 11) is 1.51. The van der Waals surface area contributed by atoms with Crippen molar-refractivity contribution in [1.29, 1.82) is 0 Å². The SMILES string of the molecule is CC[C@H](Oc1cccc(OC)c1)C(=O)Nc1cccc(C(F)(F)F)c1. The quantitative estimate of drug-likeness (QED) is 0.831. The third-order valence-corrected chi connectivity index (χ3v) is 3.44. The van der Waals surface area contributed by atoms with E-state index in [2.05, 4.69) is 5.32 Å². The fraction of sp³-hybridized carbons (Fsp3) is 0.278. The van der Waals surface area contributed by atoms with Gasteiger partial charge in [0.1, 0.15) is 11.5 Å². The highest BCUT2D eigenvalue weighted by Gasteiger charge is 2.30. The lowest BCUT2D eigenvalue weighted by Crippen LogP contribution is -2.32. The summed E-state index contributed by atoms with van der Waals surface area (Å²) in [5.74, 6) is 0.487. The molecule has 25 heavy (non-hydrogen) atoms. The zero-order valence-electron chi connectivity index (χ0n) is 13.8. The minimum atomic E-state index is -4.47. The number of hydrogen-bond acceptors (Lipinski definition) is 3. The summed E-state index contributed by atoms with van der Waals surface area (Å²) >= 11 is 0. The van der Waals surface area contributed by atoms with E-state index >= 15 is 0 Å². The largest absolute Gasteiger partial charge is 0.497 e. The van der Waals surface area contributed by atoms with E-state index in [0.717, 1.165) is 12.1 Å². The minimum absolute atomic E-state index is 0.0625. The van der Waals surface area contributed by atoms with Crippen LogP contribution in [0.2, 0.25) is 0 Å². The highest BCUT2D eigenvalue weighted by atomic mass is 19.4. The van der Waals surface area contributed by atoms with Crippen LogP contribution in [0, 0.1) is 0 Å². The smallest absolute Gasteiger partial charge is 0.416 e. The van der Waals surface area contributed by atoms with Crippen molar-refractivity contribution >= 4 is 11.6 Å². The van der Waals surface area contributed by atoms with Crippen LogP contribution in [0.4, 0.5) is 18.9 Å².